The fourth-order valence-electron chi connectivity index (χ4n) is 3.37. The van der Waals surface area contributed by atoms with E-state index in [9.17, 15) is 18.3 Å². The second kappa shape index (κ2) is 8.11. The highest BCUT2D eigenvalue weighted by atomic mass is 127. The molecule has 2 unspecified atom stereocenters. The Morgan fingerprint density at radius 1 is 1.24 bits per heavy atom. The average molecular weight is 469 g/mol. The second-order valence-electron chi connectivity index (χ2n) is 6.67. The van der Waals surface area contributed by atoms with Crippen molar-refractivity contribution in [2.24, 2.45) is 4.99 Å². The van der Waals surface area contributed by atoms with Crippen LogP contribution < -0.4 is 10.6 Å². The van der Waals surface area contributed by atoms with Gasteiger partial charge in [-0.1, -0.05) is 25.1 Å². The molecule has 1 aromatic carbocycles. The summed E-state index contributed by atoms with van der Waals surface area (Å²) in [5.41, 5.74) is 0.0704. The van der Waals surface area contributed by atoms with Crippen LogP contribution in [-0.4, -0.2) is 35.8 Å². The molecule has 1 aliphatic carbocycles. The number of hydrogen-bond donors (Lipinski definition) is 3. The molecule has 1 saturated heterocycles. The van der Waals surface area contributed by atoms with Gasteiger partial charge in [-0.15, -0.1) is 24.0 Å². The van der Waals surface area contributed by atoms with Crippen molar-refractivity contribution in [3.63, 3.8) is 0 Å². The van der Waals surface area contributed by atoms with Crippen molar-refractivity contribution in [2.45, 2.75) is 56.5 Å². The first-order valence-corrected chi connectivity index (χ1v) is 8.25. The summed E-state index contributed by atoms with van der Waals surface area (Å²) in [5, 5.41) is 16.1. The minimum Gasteiger partial charge on any atom is -0.393 e. The van der Waals surface area contributed by atoms with Crippen molar-refractivity contribution >= 4 is 29.9 Å². The molecule has 8 heteroatoms. The van der Waals surface area contributed by atoms with Crippen molar-refractivity contribution in [3.8, 4) is 0 Å². The molecule has 0 bridgehead atoms. The van der Waals surface area contributed by atoms with Gasteiger partial charge < -0.3 is 15.7 Å². The smallest absolute Gasteiger partial charge is 0.393 e. The molecule has 1 aliphatic heterocycles. The Morgan fingerprint density at radius 3 is 2.48 bits per heavy atom. The van der Waals surface area contributed by atoms with E-state index in [0.717, 1.165) is 24.9 Å². The van der Waals surface area contributed by atoms with Gasteiger partial charge in [0.05, 0.1) is 23.8 Å². The molecule has 1 aromatic rings. The van der Waals surface area contributed by atoms with Gasteiger partial charge in [0, 0.05) is 6.54 Å². The summed E-state index contributed by atoms with van der Waals surface area (Å²) in [6.45, 7) is 2.45. The Kier molecular flexibility index (Phi) is 6.58. The highest BCUT2D eigenvalue weighted by molar-refractivity contribution is 14.0. The molecule has 0 aromatic heterocycles. The van der Waals surface area contributed by atoms with Gasteiger partial charge in [0.15, 0.2) is 5.96 Å². The van der Waals surface area contributed by atoms with Crippen LogP contribution in [0.1, 0.15) is 43.2 Å². The van der Waals surface area contributed by atoms with Crippen molar-refractivity contribution in [2.75, 3.05) is 6.54 Å². The third-order valence-corrected chi connectivity index (χ3v) is 4.80. The first-order valence-electron chi connectivity index (χ1n) is 8.25. The summed E-state index contributed by atoms with van der Waals surface area (Å²) in [6, 6.07) is 5.93. The number of aliphatic imine (C=N–C) groups is 1. The molecule has 3 N–H and O–H groups in total. The molecule has 25 heavy (non-hydrogen) atoms. The number of nitrogens with zero attached hydrogens (tertiary/aromatic N) is 1. The summed E-state index contributed by atoms with van der Waals surface area (Å²) >= 11 is 0. The van der Waals surface area contributed by atoms with E-state index < -0.39 is 11.7 Å². The first-order chi connectivity index (χ1) is 11.3. The maximum atomic E-state index is 12.8. The van der Waals surface area contributed by atoms with Gasteiger partial charge in [-0.05, 0) is 36.8 Å². The Morgan fingerprint density at radius 2 is 1.88 bits per heavy atom. The second-order valence-corrected chi connectivity index (χ2v) is 6.67. The van der Waals surface area contributed by atoms with Gasteiger partial charge in [-0.25, -0.2) is 0 Å². The molecular weight excluding hydrogens is 446 g/mol. The third-order valence-electron chi connectivity index (χ3n) is 4.80. The lowest BCUT2D eigenvalue weighted by atomic mass is 9.96. The van der Waals surface area contributed by atoms with E-state index >= 15 is 0 Å². The van der Waals surface area contributed by atoms with E-state index in [1.165, 1.54) is 12.1 Å². The zero-order valence-corrected chi connectivity index (χ0v) is 16.2. The molecule has 2 aliphatic rings. The van der Waals surface area contributed by atoms with E-state index in [2.05, 4.69) is 15.6 Å². The molecule has 0 spiro atoms. The number of guanidine groups is 1. The van der Waals surface area contributed by atoms with E-state index in [1.54, 1.807) is 6.07 Å². The standard InChI is InChI=1S/C17H22F3N3O.HI/c1-10(11-3-2-4-12(7-11)17(18,19)20)5-6-21-16-22-14-8-13(24)9-15(14)23-16;/h2-4,7,10,13-15,24H,5-6,8-9H2,1H3,(H2,21,22,23);1H/t10?,13?,14-,15+;. The van der Waals surface area contributed by atoms with Crippen molar-refractivity contribution in [1.29, 1.82) is 0 Å². The van der Waals surface area contributed by atoms with Gasteiger partial charge in [-0.3, -0.25) is 4.99 Å². The summed E-state index contributed by atoms with van der Waals surface area (Å²) < 4.78 is 38.3. The van der Waals surface area contributed by atoms with Crippen LogP contribution >= 0.6 is 24.0 Å². The van der Waals surface area contributed by atoms with E-state index in [1.807, 2.05) is 6.92 Å². The van der Waals surface area contributed by atoms with Crippen molar-refractivity contribution < 1.29 is 18.3 Å². The molecule has 3 rings (SSSR count). The quantitative estimate of drug-likeness (QED) is 0.594. The SMILES string of the molecule is CC(CCN=C1N[C@H]2CC(O)C[C@H]2N1)c1cccc(C(F)(F)F)c1.I. The number of nitrogens with one attached hydrogen (secondary N) is 2. The fraction of sp³-hybridized carbons (Fsp3) is 0.588. The maximum absolute atomic E-state index is 12.8. The van der Waals surface area contributed by atoms with E-state index in [4.69, 9.17) is 0 Å². The molecule has 2 fully saturated rings. The molecular formula is C17H23F3IN3O. The topological polar surface area (TPSA) is 56.7 Å². The Bertz CT molecular complexity index is 607. The fourth-order valence-corrected chi connectivity index (χ4v) is 3.37. The van der Waals surface area contributed by atoms with Crippen LogP contribution in [0.3, 0.4) is 0 Å². The van der Waals surface area contributed by atoms with Crippen LogP contribution in [0.25, 0.3) is 0 Å². The number of fused-ring (bicyclic) bond motifs is 1. The minimum atomic E-state index is -4.31. The van der Waals surface area contributed by atoms with Gasteiger partial charge in [0.1, 0.15) is 0 Å². The van der Waals surface area contributed by atoms with Crippen molar-refractivity contribution in [1.82, 2.24) is 10.6 Å². The number of hydrogen-bond acceptors (Lipinski definition) is 2. The number of alkyl halides is 3. The zero-order valence-electron chi connectivity index (χ0n) is 13.9. The predicted octanol–water partition coefficient (Wildman–Crippen LogP) is 3.26. The van der Waals surface area contributed by atoms with Crippen LogP contribution in [-0.2, 0) is 6.18 Å². The van der Waals surface area contributed by atoms with Crippen LogP contribution in [0.2, 0.25) is 0 Å². The largest absolute Gasteiger partial charge is 0.416 e. The molecule has 0 radical (unpaired) electrons. The summed E-state index contributed by atoms with van der Waals surface area (Å²) in [7, 11) is 0. The van der Waals surface area contributed by atoms with Crippen LogP contribution in [0.4, 0.5) is 13.2 Å². The van der Waals surface area contributed by atoms with E-state index in [0.29, 0.717) is 18.5 Å². The Hall–Kier alpha value is -1.03. The lowest BCUT2D eigenvalue weighted by Gasteiger charge is -2.14. The molecule has 0 amide bonds. The summed E-state index contributed by atoms with van der Waals surface area (Å²) in [5.74, 6) is 0.729. The van der Waals surface area contributed by atoms with Gasteiger partial charge in [-0.2, -0.15) is 13.2 Å². The number of halogens is 4. The molecule has 1 heterocycles. The third kappa shape index (κ3) is 4.99. The average Bonchev–Trinajstić information content (AvgIpc) is 3.03. The first kappa shape index (κ1) is 20.3. The Labute approximate surface area is 162 Å². The molecule has 1 saturated carbocycles. The summed E-state index contributed by atoms with van der Waals surface area (Å²) in [6.07, 6.45) is -2.46. The number of benzene rings is 1. The van der Waals surface area contributed by atoms with Crippen LogP contribution in [0, 0.1) is 0 Å². The highest BCUT2D eigenvalue weighted by Gasteiger charge is 2.38. The molecule has 4 atom stereocenters. The monoisotopic (exact) mass is 469 g/mol. The lowest BCUT2D eigenvalue weighted by molar-refractivity contribution is -0.137. The maximum Gasteiger partial charge on any atom is 0.416 e. The zero-order chi connectivity index (χ0) is 17.3. The normalized spacial score (nSPS) is 28.0. The molecule has 4 nitrogen and oxygen atoms in total. The number of aliphatic hydroxyl groups excluding tert-OH is 1. The lowest BCUT2D eigenvalue weighted by Crippen LogP contribution is -2.30. The van der Waals surface area contributed by atoms with Crippen molar-refractivity contribution in [3.05, 3.63) is 35.4 Å². The summed E-state index contributed by atoms with van der Waals surface area (Å²) in [4.78, 5) is 4.46. The highest BCUT2D eigenvalue weighted by Crippen LogP contribution is 2.31. The van der Waals surface area contributed by atoms with Gasteiger partial charge in [0.2, 0.25) is 0 Å². The van der Waals surface area contributed by atoms with Gasteiger partial charge >= 0.3 is 6.18 Å². The Balaban J connectivity index is 0.00000225. The van der Waals surface area contributed by atoms with E-state index in [-0.39, 0.29) is 48.1 Å². The van der Waals surface area contributed by atoms with Crippen LogP contribution in [0.15, 0.2) is 29.3 Å². The number of rotatable bonds is 4. The van der Waals surface area contributed by atoms with Gasteiger partial charge in [0.25, 0.3) is 0 Å². The van der Waals surface area contributed by atoms with Crippen LogP contribution in [0.5, 0.6) is 0 Å². The minimum absolute atomic E-state index is 0. The predicted molar refractivity (Wildman–Crippen MR) is 101 cm³/mol. The molecule has 140 valence electrons. The number of aliphatic hydroxyl groups is 1.